The highest BCUT2D eigenvalue weighted by atomic mass is 16.6. The van der Waals surface area contributed by atoms with Crippen molar-refractivity contribution in [3.8, 4) is 0 Å². The highest BCUT2D eigenvalue weighted by molar-refractivity contribution is 6.02. The average Bonchev–Trinajstić information content (AvgIpc) is 2.57. The Labute approximate surface area is 127 Å². The van der Waals surface area contributed by atoms with Crippen molar-refractivity contribution in [3.05, 3.63) is 84.4 Å². The van der Waals surface area contributed by atoms with Crippen LogP contribution in [0.5, 0.6) is 0 Å². The summed E-state index contributed by atoms with van der Waals surface area (Å²) >= 11 is 0. The van der Waals surface area contributed by atoms with E-state index in [1.165, 1.54) is 0 Å². The molecule has 0 spiro atoms. The van der Waals surface area contributed by atoms with Crippen molar-refractivity contribution in [2.45, 2.75) is 0 Å². The molecule has 22 heavy (non-hydrogen) atoms. The van der Waals surface area contributed by atoms with Crippen LogP contribution >= 0.6 is 0 Å². The van der Waals surface area contributed by atoms with Crippen molar-refractivity contribution >= 4 is 17.9 Å². The van der Waals surface area contributed by atoms with Crippen LogP contribution in [-0.4, -0.2) is 17.9 Å². The molecule has 0 atom stereocenters. The van der Waals surface area contributed by atoms with Crippen LogP contribution in [0.15, 0.2) is 73.3 Å². The predicted octanol–water partition coefficient (Wildman–Crippen LogP) is 1.61. The molecule has 0 aliphatic heterocycles. The highest BCUT2D eigenvalue weighted by Crippen LogP contribution is 2.05. The van der Waals surface area contributed by atoms with Gasteiger partial charge in [0.25, 0.3) is 0 Å². The third-order valence-electron chi connectivity index (χ3n) is 2.37. The second kappa shape index (κ2) is 8.86. The van der Waals surface area contributed by atoms with Gasteiger partial charge in [0.15, 0.2) is 0 Å². The molecule has 2 rings (SSSR count). The topological polar surface area (TPSA) is 83.5 Å². The van der Waals surface area contributed by atoms with Gasteiger partial charge in [0, 0.05) is 0 Å². The molecule has 2 aromatic rings. The fourth-order valence-electron chi connectivity index (χ4n) is 1.35. The van der Waals surface area contributed by atoms with E-state index >= 15 is 0 Å². The summed E-state index contributed by atoms with van der Waals surface area (Å²) < 4.78 is 4.74. The largest absolute Gasteiger partial charge is 0.545 e. The molecular formula is C17H13O5-. The number of ether oxygens (including phenoxy) is 1. The summed E-state index contributed by atoms with van der Waals surface area (Å²) in [6.45, 7) is 2.90. The normalized spacial score (nSPS) is 8.91. The van der Waals surface area contributed by atoms with Crippen LogP contribution in [0, 0.1) is 0 Å². The Morgan fingerprint density at radius 3 is 1.41 bits per heavy atom. The van der Waals surface area contributed by atoms with Crippen molar-refractivity contribution in [1.82, 2.24) is 0 Å². The fourth-order valence-corrected chi connectivity index (χ4v) is 1.35. The highest BCUT2D eigenvalue weighted by Gasteiger charge is 2.13. The Balaban J connectivity index is 0.000000422. The van der Waals surface area contributed by atoms with Crippen LogP contribution in [0.2, 0.25) is 0 Å². The Kier molecular flexibility index (Phi) is 6.78. The Hall–Kier alpha value is -3.21. The zero-order chi connectivity index (χ0) is 16.4. The minimum atomic E-state index is -1.23. The molecule has 2 aromatic carbocycles. The molecule has 0 heterocycles. The Morgan fingerprint density at radius 2 is 1.14 bits per heavy atom. The Bertz CT molecular complexity index is 598. The van der Waals surface area contributed by atoms with Crippen LogP contribution in [0.1, 0.15) is 20.7 Å². The van der Waals surface area contributed by atoms with Crippen LogP contribution in [0.25, 0.3) is 0 Å². The molecule has 0 saturated carbocycles. The lowest BCUT2D eigenvalue weighted by molar-refractivity contribution is -0.297. The monoisotopic (exact) mass is 297 g/mol. The first-order valence-electron chi connectivity index (χ1n) is 6.24. The van der Waals surface area contributed by atoms with Crippen LogP contribution < -0.4 is 5.11 Å². The second-order valence-corrected chi connectivity index (χ2v) is 3.93. The maximum Gasteiger partial charge on any atom is 0.346 e. The third kappa shape index (κ3) is 5.83. The van der Waals surface area contributed by atoms with Gasteiger partial charge in [0.1, 0.15) is 0 Å². The van der Waals surface area contributed by atoms with E-state index < -0.39 is 17.9 Å². The number of rotatable bonds is 3. The molecule has 112 valence electrons. The Morgan fingerprint density at radius 1 is 0.818 bits per heavy atom. The lowest BCUT2D eigenvalue weighted by Gasteiger charge is -2.02. The molecule has 0 unspecified atom stereocenters. The predicted molar refractivity (Wildman–Crippen MR) is 77.8 cm³/mol. The minimum Gasteiger partial charge on any atom is -0.545 e. The van der Waals surface area contributed by atoms with Gasteiger partial charge in [0.05, 0.1) is 17.1 Å². The fraction of sp³-hybridized carbons (Fsp3) is 0. The van der Waals surface area contributed by atoms with E-state index in [-0.39, 0.29) is 0 Å². The molecule has 0 aromatic heterocycles. The van der Waals surface area contributed by atoms with E-state index in [0.717, 1.165) is 6.08 Å². The summed E-state index contributed by atoms with van der Waals surface area (Å²) in [5.41, 5.74) is 0.716. The van der Waals surface area contributed by atoms with Gasteiger partial charge in [-0.05, 0) is 30.3 Å². The first-order valence-corrected chi connectivity index (χ1v) is 6.24. The number of carbonyl (C=O) groups is 3. The smallest absolute Gasteiger partial charge is 0.346 e. The van der Waals surface area contributed by atoms with Gasteiger partial charge in [-0.15, -0.1) is 0 Å². The molecule has 0 amide bonds. The third-order valence-corrected chi connectivity index (χ3v) is 2.37. The number of hydrogen-bond acceptors (Lipinski definition) is 5. The summed E-state index contributed by atoms with van der Waals surface area (Å²) in [6, 6.07) is 16.8. The molecule has 0 fully saturated rings. The van der Waals surface area contributed by atoms with Crippen LogP contribution in [0.4, 0.5) is 0 Å². The van der Waals surface area contributed by atoms with Gasteiger partial charge < -0.3 is 14.6 Å². The number of aliphatic carboxylic acids is 1. The number of benzene rings is 2. The van der Waals surface area contributed by atoms with E-state index in [1.54, 1.807) is 60.7 Å². The molecule has 5 nitrogen and oxygen atoms in total. The lowest BCUT2D eigenvalue weighted by atomic mass is 10.2. The van der Waals surface area contributed by atoms with E-state index in [1.807, 2.05) is 0 Å². The summed E-state index contributed by atoms with van der Waals surface area (Å²) in [6.07, 6.45) is 0.722. The standard InChI is InChI=1S/C14H10O3.C3H4O2/c15-13(11-7-3-1-4-8-11)17-14(16)12-9-5-2-6-10-12;1-2-3(4)5/h1-10H;2H,1H2,(H,4,5)/p-1. The van der Waals surface area contributed by atoms with Crippen LogP contribution in [-0.2, 0) is 9.53 Å². The van der Waals surface area contributed by atoms with Crippen molar-refractivity contribution in [1.29, 1.82) is 0 Å². The molecule has 0 aliphatic carbocycles. The van der Waals surface area contributed by atoms with E-state index in [9.17, 15) is 9.59 Å². The van der Waals surface area contributed by atoms with Crippen molar-refractivity contribution in [2.75, 3.05) is 0 Å². The summed E-state index contributed by atoms with van der Waals surface area (Å²) in [7, 11) is 0. The molecule has 0 radical (unpaired) electrons. The van der Waals surface area contributed by atoms with Crippen molar-refractivity contribution in [3.63, 3.8) is 0 Å². The first-order chi connectivity index (χ1) is 10.5. The molecule has 0 aliphatic rings. The average molecular weight is 297 g/mol. The summed E-state index contributed by atoms with van der Waals surface area (Å²) in [5, 5.41) is 9.14. The minimum absolute atomic E-state index is 0.358. The maximum absolute atomic E-state index is 11.6. The SMILES string of the molecule is C=CC(=O)[O-].O=C(OC(=O)c1ccccc1)c1ccccc1. The van der Waals surface area contributed by atoms with Gasteiger partial charge >= 0.3 is 11.9 Å². The van der Waals surface area contributed by atoms with Gasteiger partial charge in [-0.2, -0.15) is 0 Å². The molecular weight excluding hydrogens is 284 g/mol. The molecule has 0 saturated heterocycles. The molecule has 5 heteroatoms. The van der Waals surface area contributed by atoms with E-state index in [2.05, 4.69) is 6.58 Å². The van der Waals surface area contributed by atoms with Crippen molar-refractivity contribution < 1.29 is 24.2 Å². The number of carboxylic acids is 1. The quantitative estimate of drug-likeness (QED) is 0.488. The van der Waals surface area contributed by atoms with Gasteiger partial charge in [-0.1, -0.05) is 43.0 Å². The molecule has 0 bridgehead atoms. The van der Waals surface area contributed by atoms with Gasteiger partial charge in [-0.25, -0.2) is 9.59 Å². The zero-order valence-electron chi connectivity index (χ0n) is 11.6. The zero-order valence-corrected chi connectivity index (χ0v) is 11.6. The number of esters is 2. The number of hydrogen-bond donors (Lipinski definition) is 0. The first kappa shape index (κ1) is 16.8. The molecule has 0 N–H and O–H groups in total. The van der Waals surface area contributed by atoms with E-state index in [0.29, 0.717) is 11.1 Å². The number of carboxylic acid groups (broad SMARTS) is 1. The van der Waals surface area contributed by atoms with Crippen molar-refractivity contribution in [2.24, 2.45) is 0 Å². The van der Waals surface area contributed by atoms with E-state index in [4.69, 9.17) is 14.6 Å². The second-order valence-electron chi connectivity index (χ2n) is 3.93. The summed E-state index contributed by atoms with van der Waals surface area (Å²) in [4.78, 5) is 32.3. The van der Waals surface area contributed by atoms with Gasteiger partial charge in [-0.3, -0.25) is 0 Å². The maximum atomic E-state index is 11.6. The van der Waals surface area contributed by atoms with Crippen LogP contribution in [0.3, 0.4) is 0 Å². The van der Waals surface area contributed by atoms with Gasteiger partial charge in [0.2, 0.25) is 0 Å². The number of carbonyl (C=O) groups excluding carboxylic acids is 3. The lowest BCUT2D eigenvalue weighted by Crippen LogP contribution is -2.17. The summed E-state index contributed by atoms with van der Waals surface area (Å²) in [5.74, 6) is -2.51.